The van der Waals surface area contributed by atoms with Gasteiger partial charge in [0.1, 0.15) is 5.82 Å². The van der Waals surface area contributed by atoms with Gasteiger partial charge >= 0.3 is 5.97 Å². The van der Waals surface area contributed by atoms with Crippen molar-refractivity contribution in [2.75, 3.05) is 5.32 Å². The molecule has 2 rings (SSSR count). The number of anilines is 1. The zero-order valence-electron chi connectivity index (χ0n) is 11.4. The molecule has 1 fully saturated rings. The van der Waals surface area contributed by atoms with Crippen LogP contribution in [0.25, 0.3) is 0 Å². The summed E-state index contributed by atoms with van der Waals surface area (Å²) in [5.74, 6) is -1.48. The lowest BCUT2D eigenvalue weighted by Gasteiger charge is -2.16. The Morgan fingerprint density at radius 3 is 2.65 bits per heavy atom. The van der Waals surface area contributed by atoms with Crippen LogP contribution in [0.15, 0.2) is 16.7 Å². The highest BCUT2D eigenvalue weighted by Gasteiger charge is 2.41. The lowest BCUT2D eigenvalue weighted by Crippen LogP contribution is -2.30. The second kappa shape index (κ2) is 5.91. The summed E-state index contributed by atoms with van der Waals surface area (Å²) in [7, 11) is 0. The predicted molar refractivity (Wildman–Crippen MR) is 78.3 cm³/mol. The van der Waals surface area contributed by atoms with Gasteiger partial charge in [0, 0.05) is 10.7 Å². The third-order valence-electron chi connectivity index (χ3n) is 3.74. The quantitative estimate of drug-likeness (QED) is 0.886. The van der Waals surface area contributed by atoms with Crippen LogP contribution in [0.4, 0.5) is 5.82 Å². The topological polar surface area (TPSA) is 79.3 Å². The number of carboxylic acids is 1. The van der Waals surface area contributed by atoms with Crippen LogP contribution in [0.1, 0.15) is 25.3 Å². The third-order valence-corrected chi connectivity index (χ3v) is 4.17. The maximum absolute atomic E-state index is 12.3. The van der Waals surface area contributed by atoms with Crippen LogP contribution in [-0.2, 0) is 9.59 Å². The zero-order valence-corrected chi connectivity index (χ0v) is 13.0. The maximum atomic E-state index is 12.3. The van der Waals surface area contributed by atoms with Crippen molar-refractivity contribution in [3.05, 3.63) is 22.3 Å². The van der Waals surface area contributed by atoms with Crippen molar-refractivity contribution < 1.29 is 14.7 Å². The summed E-state index contributed by atoms with van der Waals surface area (Å²) >= 11 is 3.31. The van der Waals surface area contributed by atoms with Crippen LogP contribution >= 0.6 is 15.9 Å². The van der Waals surface area contributed by atoms with E-state index in [-0.39, 0.29) is 11.8 Å². The standard InChI is InChI=1S/C14H17BrN2O3/c1-7-3-10(11(4-7)14(19)20)13(18)17-12-8(2)5-9(15)6-16-12/h5-7,10-11H,3-4H2,1-2H3,(H,19,20)(H,16,17,18)/t7?,10-,11+/m0/s1. The molecular weight excluding hydrogens is 324 g/mol. The number of carbonyl (C=O) groups is 2. The Balaban J connectivity index is 2.13. The molecule has 3 atom stereocenters. The number of aromatic nitrogens is 1. The molecule has 108 valence electrons. The Bertz CT molecular complexity index is 547. The van der Waals surface area contributed by atoms with Crippen LogP contribution in [0.2, 0.25) is 0 Å². The van der Waals surface area contributed by atoms with E-state index in [2.05, 4.69) is 26.2 Å². The van der Waals surface area contributed by atoms with Crippen LogP contribution < -0.4 is 5.32 Å². The number of carbonyl (C=O) groups excluding carboxylic acids is 1. The van der Waals surface area contributed by atoms with Gasteiger partial charge in [-0.15, -0.1) is 0 Å². The van der Waals surface area contributed by atoms with Gasteiger partial charge in [0.15, 0.2) is 0 Å². The molecule has 0 saturated heterocycles. The first-order valence-corrected chi connectivity index (χ1v) is 7.33. The first-order chi connectivity index (χ1) is 9.38. The molecule has 0 aromatic carbocycles. The smallest absolute Gasteiger partial charge is 0.307 e. The Morgan fingerprint density at radius 2 is 2.05 bits per heavy atom. The Morgan fingerprint density at radius 1 is 1.40 bits per heavy atom. The largest absolute Gasteiger partial charge is 0.481 e. The minimum atomic E-state index is -0.894. The Kier molecular flexibility index (Phi) is 4.42. The molecule has 1 unspecified atom stereocenters. The van der Waals surface area contributed by atoms with Gasteiger partial charge in [0.05, 0.1) is 11.8 Å². The van der Waals surface area contributed by atoms with E-state index < -0.39 is 17.8 Å². The summed E-state index contributed by atoms with van der Waals surface area (Å²) in [6, 6.07) is 1.86. The van der Waals surface area contributed by atoms with Gasteiger partial charge in [-0.3, -0.25) is 9.59 Å². The summed E-state index contributed by atoms with van der Waals surface area (Å²) in [5, 5.41) is 12.0. The molecule has 1 aromatic heterocycles. The maximum Gasteiger partial charge on any atom is 0.307 e. The van der Waals surface area contributed by atoms with E-state index in [0.717, 1.165) is 10.0 Å². The first-order valence-electron chi connectivity index (χ1n) is 6.54. The fraction of sp³-hybridized carbons (Fsp3) is 0.500. The van der Waals surface area contributed by atoms with Gasteiger partial charge in [0.2, 0.25) is 5.91 Å². The summed E-state index contributed by atoms with van der Waals surface area (Å²) in [4.78, 5) is 27.7. The lowest BCUT2D eigenvalue weighted by molar-refractivity contribution is -0.145. The number of carboxylic acid groups (broad SMARTS) is 1. The SMILES string of the molecule is Cc1cc(Br)cnc1NC(=O)[C@H]1CC(C)C[C@H]1C(=O)O. The van der Waals surface area contributed by atoms with Gasteiger partial charge in [-0.25, -0.2) is 4.98 Å². The Labute approximate surface area is 125 Å². The monoisotopic (exact) mass is 340 g/mol. The first kappa shape index (κ1) is 15.0. The number of nitrogens with zero attached hydrogens (tertiary/aromatic N) is 1. The summed E-state index contributed by atoms with van der Waals surface area (Å²) in [6.45, 7) is 3.83. The number of halogens is 1. The molecule has 20 heavy (non-hydrogen) atoms. The van der Waals surface area contributed by atoms with Crippen molar-refractivity contribution in [2.24, 2.45) is 17.8 Å². The van der Waals surface area contributed by atoms with Crippen LogP contribution in [0.3, 0.4) is 0 Å². The molecule has 5 nitrogen and oxygen atoms in total. The van der Waals surface area contributed by atoms with Gasteiger partial charge in [0.25, 0.3) is 0 Å². The minimum absolute atomic E-state index is 0.250. The van der Waals surface area contributed by atoms with Crippen LogP contribution in [0, 0.1) is 24.7 Å². The van der Waals surface area contributed by atoms with Crippen LogP contribution in [-0.4, -0.2) is 22.0 Å². The van der Waals surface area contributed by atoms with Crippen molar-refractivity contribution in [3.8, 4) is 0 Å². The highest BCUT2D eigenvalue weighted by Crippen LogP contribution is 2.37. The number of aryl methyl sites for hydroxylation is 1. The third kappa shape index (κ3) is 3.17. The fourth-order valence-electron chi connectivity index (χ4n) is 2.74. The molecule has 1 aliphatic carbocycles. The Hall–Kier alpha value is -1.43. The van der Waals surface area contributed by atoms with Crippen molar-refractivity contribution in [1.82, 2.24) is 4.98 Å². The molecule has 6 heteroatoms. The molecule has 1 saturated carbocycles. The van der Waals surface area contributed by atoms with Crippen molar-refractivity contribution in [1.29, 1.82) is 0 Å². The number of hydrogen-bond donors (Lipinski definition) is 2. The van der Waals surface area contributed by atoms with E-state index in [1.165, 1.54) is 0 Å². The molecule has 1 aliphatic rings. The number of hydrogen-bond acceptors (Lipinski definition) is 3. The second-order valence-corrected chi connectivity index (χ2v) is 6.35. The van der Waals surface area contributed by atoms with Crippen LogP contribution in [0.5, 0.6) is 0 Å². The zero-order chi connectivity index (χ0) is 14.9. The summed E-state index contributed by atoms with van der Waals surface area (Å²) in [6.07, 6.45) is 2.77. The van der Waals surface area contributed by atoms with Gasteiger partial charge in [-0.05, 0) is 53.2 Å². The van der Waals surface area contributed by atoms with E-state index in [1.807, 2.05) is 19.9 Å². The number of pyridine rings is 1. The highest BCUT2D eigenvalue weighted by atomic mass is 79.9. The average molecular weight is 341 g/mol. The van der Waals surface area contributed by atoms with E-state index in [9.17, 15) is 14.7 Å². The molecule has 0 aliphatic heterocycles. The molecular formula is C14H17BrN2O3. The number of amides is 1. The van der Waals surface area contributed by atoms with Gasteiger partial charge in [-0.1, -0.05) is 6.92 Å². The summed E-state index contributed by atoms with van der Waals surface area (Å²) < 4.78 is 0.839. The summed E-state index contributed by atoms with van der Waals surface area (Å²) in [5.41, 5.74) is 0.839. The predicted octanol–water partition coefficient (Wildman–Crippen LogP) is 2.84. The molecule has 2 N–H and O–H groups in total. The molecule has 1 amide bonds. The fourth-order valence-corrected chi connectivity index (χ4v) is 3.18. The van der Waals surface area contributed by atoms with Gasteiger partial charge in [-0.2, -0.15) is 0 Å². The number of nitrogens with one attached hydrogen (secondary N) is 1. The molecule has 0 bridgehead atoms. The van der Waals surface area contributed by atoms with Crippen molar-refractivity contribution in [3.63, 3.8) is 0 Å². The van der Waals surface area contributed by atoms with Crippen molar-refractivity contribution >= 4 is 33.6 Å². The van der Waals surface area contributed by atoms with E-state index >= 15 is 0 Å². The number of aliphatic carboxylic acids is 1. The van der Waals surface area contributed by atoms with Crippen molar-refractivity contribution in [2.45, 2.75) is 26.7 Å². The normalized spacial score (nSPS) is 25.4. The highest BCUT2D eigenvalue weighted by molar-refractivity contribution is 9.10. The van der Waals surface area contributed by atoms with E-state index in [4.69, 9.17) is 0 Å². The average Bonchev–Trinajstić information content (AvgIpc) is 2.75. The molecule has 0 radical (unpaired) electrons. The molecule has 1 aromatic rings. The minimum Gasteiger partial charge on any atom is -0.481 e. The molecule has 1 heterocycles. The molecule has 0 spiro atoms. The number of rotatable bonds is 3. The van der Waals surface area contributed by atoms with E-state index in [0.29, 0.717) is 18.7 Å². The lowest BCUT2D eigenvalue weighted by atomic mass is 9.95. The van der Waals surface area contributed by atoms with Gasteiger partial charge < -0.3 is 10.4 Å². The second-order valence-electron chi connectivity index (χ2n) is 5.44. The van der Waals surface area contributed by atoms with E-state index in [1.54, 1.807) is 6.20 Å².